The fourth-order valence-electron chi connectivity index (χ4n) is 1.76. The molecule has 1 aromatic rings. The summed E-state index contributed by atoms with van der Waals surface area (Å²) >= 11 is 1.67. The van der Waals surface area contributed by atoms with Crippen molar-refractivity contribution in [2.75, 3.05) is 11.1 Å². The van der Waals surface area contributed by atoms with Gasteiger partial charge in [-0.3, -0.25) is 4.99 Å². The van der Waals surface area contributed by atoms with Crippen molar-refractivity contribution in [2.24, 2.45) is 4.99 Å². The van der Waals surface area contributed by atoms with Crippen LogP contribution in [0.3, 0.4) is 0 Å². The maximum absolute atomic E-state index is 9.00. The maximum Gasteiger partial charge on any atom is 0.161 e. The minimum atomic E-state index is -0.0434. The molecule has 2 rings (SSSR count). The Hall–Kier alpha value is -1.98. The highest BCUT2D eigenvalue weighted by Gasteiger charge is 2.22. The van der Waals surface area contributed by atoms with E-state index < -0.39 is 0 Å². The third-order valence-electron chi connectivity index (χ3n) is 2.87. The number of hydrogen-bond donors (Lipinski definition) is 1. The Bertz CT molecular complexity index is 605. The molecular formula is C14H14N4S. The van der Waals surface area contributed by atoms with Gasteiger partial charge in [-0.2, -0.15) is 10.5 Å². The molecule has 1 heterocycles. The largest absolute Gasteiger partial charge is 0.335 e. The van der Waals surface area contributed by atoms with Crippen LogP contribution in [-0.4, -0.2) is 16.5 Å². The van der Waals surface area contributed by atoms with Crippen LogP contribution >= 0.6 is 11.8 Å². The Balaban J connectivity index is 2.24. The molecule has 0 atom stereocenters. The Labute approximate surface area is 117 Å². The summed E-state index contributed by atoms with van der Waals surface area (Å²) in [5.74, 6) is 1.03. The van der Waals surface area contributed by atoms with Crippen LogP contribution in [0, 0.1) is 22.7 Å². The molecule has 0 bridgehead atoms. The molecule has 19 heavy (non-hydrogen) atoms. The number of nitrogens with zero attached hydrogens (tertiary/aromatic N) is 3. The first-order valence-electron chi connectivity index (χ1n) is 5.98. The summed E-state index contributed by atoms with van der Waals surface area (Å²) in [5.41, 5.74) is 1.53. The molecule has 4 nitrogen and oxygen atoms in total. The third-order valence-corrected chi connectivity index (χ3v) is 3.74. The van der Waals surface area contributed by atoms with Crippen LogP contribution in [0.4, 0.5) is 5.69 Å². The predicted molar refractivity (Wildman–Crippen MR) is 78.1 cm³/mol. The van der Waals surface area contributed by atoms with Crippen molar-refractivity contribution in [1.82, 2.24) is 0 Å². The molecule has 0 unspecified atom stereocenters. The van der Waals surface area contributed by atoms with E-state index >= 15 is 0 Å². The van der Waals surface area contributed by atoms with Gasteiger partial charge in [0.25, 0.3) is 0 Å². The van der Waals surface area contributed by atoms with E-state index in [4.69, 9.17) is 10.5 Å². The number of nitrogens with one attached hydrogen (secondary N) is 1. The van der Waals surface area contributed by atoms with Crippen LogP contribution in [0.5, 0.6) is 0 Å². The second-order valence-corrected chi connectivity index (χ2v) is 6.02. The first-order chi connectivity index (χ1) is 9.04. The number of amidine groups is 1. The van der Waals surface area contributed by atoms with Crippen LogP contribution in [0.15, 0.2) is 23.2 Å². The second kappa shape index (κ2) is 5.34. The van der Waals surface area contributed by atoms with Crippen LogP contribution in [0.1, 0.15) is 31.4 Å². The van der Waals surface area contributed by atoms with E-state index in [1.54, 1.807) is 30.0 Å². The molecule has 1 aromatic carbocycles. The van der Waals surface area contributed by atoms with E-state index in [0.717, 1.165) is 23.0 Å². The van der Waals surface area contributed by atoms with E-state index in [2.05, 4.69) is 24.2 Å². The van der Waals surface area contributed by atoms with Gasteiger partial charge in [-0.25, -0.2) is 0 Å². The molecule has 0 aromatic heterocycles. The predicted octanol–water partition coefficient (Wildman–Crippen LogP) is 3.11. The summed E-state index contributed by atoms with van der Waals surface area (Å²) in [5, 5.41) is 22.0. The lowest BCUT2D eigenvalue weighted by molar-refractivity contribution is 0.507. The van der Waals surface area contributed by atoms with Gasteiger partial charge >= 0.3 is 0 Å². The molecule has 0 fully saturated rings. The first-order valence-corrected chi connectivity index (χ1v) is 6.96. The van der Waals surface area contributed by atoms with Crippen molar-refractivity contribution in [3.8, 4) is 12.1 Å². The molecule has 96 valence electrons. The highest BCUT2D eigenvalue weighted by atomic mass is 32.2. The number of rotatable bonds is 1. The van der Waals surface area contributed by atoms with Gasteiger partial charge in [0.15, 0.2) is 5.17 Å². The molecule has 0 radical (unpaired) electrons. The van der Waals surface area contributed by atoms with E-state index in [-0.39, 0.29) is 5.54 Å². The number of anilines is 1. The number of thioether (sulfide) groups is 1. The van der Waals surface area contributed by atoms with Gasteiger partial charge in [0.2, 0.25) is 0 Å². The molecule has 1 N–H and O–H groups in total. The smallest absolute Gasteiger partial charge is 0.161 e. The molecule has 0 aliphatic carbocycles. The monoisotopic (exact) mass is 270 g/mol. The van der Waals surface area contributed by atoms with Crippen LogP contribution < -0.4 is 5.32 Å². The summed E-state index contributed by atoms with van der Waals surface area (Å²) in [6.45, 7) is 4.21. The van der Waals surface area contributed by atoms with Crippen molar-refractivity contribution in [1.29, 1.82) is 10.5 Å². The maximum atomic E-state index is 9.00. The molecule has 5 heteroatoms. The summed E-state index contributed by atoms with van der Waals surface area (Å²) in [4.78, 5) is 4.63. The van der Waals surface area contributed by atoms with Crippen molar-refractivity contribution < 1.29 is 0 Å². The van der Waals surface area contributed by atoms with Gasteiger partial charge in [0.05, 0.1) is 16.7 Å². The van der Waals surface area contributed by atoms with Gasteiger partial charge in [-0.15, -0.1) is 0 Å². The Morgan fingerprint density at radius 3 is 2.63 bits per heavy atom. The first kappa shape index (κ1) is 13.5. The van der Waals surface area contributed by atoms with Crippen LogP contribution in [0.25, 0.3) is 0 Å². The van der Waals surface area contributed by atoms with Crippen molar-refractivity contribution in [3.63, 3.8) is 0 Å². The Morgan fingerprint density at radius 1 is 1.26 bits per heavy atom. The minimum Gasteiger partial charge on any atom is -0.335 e. The highest BCUT2D eigenvalue weighted by Crippen LogP contribution is 2.27. The third kappa shape index (κ3) is 3.27. The Kier molecular flexibility index (Phi) is 3.78. The minimum absolute atomic E-state index is 0.0434. The highest BCUT2D eigenvalue weighted by molar-refractivity contribution is 8.14. The number of benzene rings is 1. The van der Waals surface area contributed by atoms with Crippen LogP contribution in [-0.2, 0) is 0 Å². The molecule has 0 amide bonds. The molecule has 0 spiro atoms. The van der Waals surface area contributed by atoms with Crippen molar-refractivity contribution in [2.45, 2.75) is 25.8 Å². The summed E-state index contributed by atoms with van der Waals surface area (Å²) in [6.07, 6.45) is 1.06. The lowest BCUT2D eigenvalue weighted by Crippen LogP contribution is -2.27. The van der Waals surface area contributed by atoms with E-state index in [9.17, 15) is 0 Å². The average Bonchev–Trinajstić information content (AvgIpc) is 2.37. The Morgan fingerprint density at radius 2 is 2.00 bits per heavy atom. The topological polar surface area (TPSA) is 72.0 Å². The molecular weight excluding hydrogens is 256 g/mol. The summed E-state index contributed by atoms with van der Waals surface area (Å²) in [6, 6.07) is 9.17. The zero-order chi connectivity index (χ0) is 13.9. The standard InChI is InChI=1S/C14H14N4S/c1-14(2)5-6-19-13(18-14)17-12-4-3-10(8-15)11(7-12)9-16/h3-4,7H,5-6H2,1-2H3,(H,17,18). The lowest BCUT2D eigenvalue weighted by atomic mass is 10.0. The van der Waals surface area contributed by atoms with Crippen molar-refractivity contribution >= 4 is 22.6 Å². The SMILES string of the molecule is CC1(C)CCSC(Nc2ccc(C#N)c(C#N)c2)=N1. The average molecular weight is 270 g/mol. The molecule has 1 aliphatic rings. The van der Waals surface area contributed by atoms with Gasteiger partial charge in [-0.1, -0.05) is 11.8 Å². The fraction of sp³-hybridized carbons (Fsp3) is 0.357. The zero-order valence-corrected chi connectivity index (χ0v) is 11.7. The van der Waals surface area contributed by atoms with Gasteiger partial charge in [-0.05, 0) is 38.5 Å². The van der Waals surface area contributed by atoms with Gasteiger partial charge in [0.1, 0.15) is 12.1 Å². The van der Waals surface area contributed by atoms with Crippen LogP contribution in [0.2, 0.25) is 0 Å². The zero-order valence-electron chi connectivity index (χ0n) is 10.9. The van der Waals surface area contributed by atoms with E-state index in [0.29, 0.717) is 11.1 Å². The molecule has 1 aliphatic heterocycles. The number of hydrogen-bond acceptors (Lipinski definition) is 5. The second-order valence-electron chi connectivity index (χ2n) is 4.94. The van der Waals surface area contributed by atoms with Gasteiger partial charge in [0, 0.05) is 11.4 Å². The normalized spacial score (nSPS) is 16.9. The quantitative estimate of drug-likeness (QED) is 0.851. The lowest BCUT2D eigenvalue weighted by Gasteiger charge is -2.26. The van der Waals surface area contributed by atoms with E-state index in [1.165, 1.54) is 0 Å². The molecule has 0 saturated carbocycles. The van der Waals surface area contributed by atoms with Gasteiger partial charge < -0.3 is 5.32 Å². The summed E-state index contributed by atoms with van der Waals surface area (Å²) < 4.78 is 0. The fourth-order valence-corrected chi connectivity index (χ4v) is 3.06. The number of aliphatic imine (C=N–C) groups is 1. The molecule has 0 saturated heterocycles. The van der Waals surface area contributed by atoms with E-state index in [1.807, 2.05) is 12.1 Å². The number of nitriles is 2. The summed E-state index contributed by atoms with van der Waals surface area (Å²) in [7, 11) is 0. The van der Waals surface area contributed by atoms with Crippen molar-refractivity contribution in [3.05, 3.63) is 29.3 Å².